The first-order chi connectivity index (χ1) is 9.01. The lowest BCUT2D eigenvalue weighted by Crippen LogP contribution is -2.33. The first-order valence-corrected chi connectivity index (χ1v) is 8.66. The number of nitrogen functional groups attached to an aromatic ring is 1. The molecule has 0 bridgehead atoms. The summed E-state index contributed by atoms with van der Waals surface area (Å²) in [7, 11) is -3.60. The van der Waals surface area contributed by atoms with Crippen molar-refractivity contribution in [3.05, 3.63) is 18.3 Å². The molecule has 0 fully saturated rings. The number of hydrogen-bond acceptors (Lipinski definition) is 6. The second-order valence-electron chi connectivity index (χ2n) is 4.00. The summed E-state index contributed by atoms with van der Waals surface area (Å²) in [4.78, 5) is 3.95. The normalized spacial score (nSPS) is 13.2. The quantitative estimate of drug-likeness (QED) is 0.379. The Morgan fingerprint density at radius 3 is 2.89 bits per heavy atom. The molecule has 1 aromatic rings. The number of hydrogen-bond donors (Lipinski definition) is 3. The van der Waals surface area contributed by atoms with Crippen LogP contribution in [-0.2, 0) is 10.0 Å². The maximum absolute atomic E-state index is 12.2. The minimum absolute atomic E-state index is 0.0625. The van der Waals surface area contributed by atoms with Crippen molar-refractivity contribution < 1.29 is 8.42 Å². The fourth-order valence-corrected chi connectivity index (χ4v) is 3.71. The van der Waals surface area contributed by atoms with E-state index in [1.165, 1.54) is 12.3 Å². The van der Waals surface area contributed by atoms with Gasteiger partial charge in [0.1, 0.15) is 4.90 Å². The lowest BCUT2D eigenvalue weighted by Gasteiger charge is -2.15. The number of aromatic nitrogens is 1. The zero-order chi connectivity index (χ0) is 14.3. The van der Waals surface area contributed by atoms with Gasteiger partial charge in [-0.15, -0.1) is 0 Å². The molecule has 8 heteroatoms. The Hall–Kier alpha value is -0.830. The molecule has 0 aliphatic heterocycles. The van der Waals surface area contributed by atoms with Crippen LogP contribution in [0.4, 0.5) is 5.82 Å². The van der Waals surface area contributed by atoms with Crippen LogP contribution < -0.4 is 16.0 Å². The summed E-state index contributed by atoms with van der Waals surface area (Å²) >= 11 is 1.79. The summed E-state index contributed by atoms with van der Waals surface area (Å²) in [5.74, 6) is 7.37. The highest BCUT2D eigenvalue weighted by Gasteiger charge is 2.21. The first-order valence-electron chi connectivity index (χ1n) is 6.03. The average Bonchev–Trinajstić information content (AvgIpc) is 2.38. The van der Waals surface area contributed by atoms with Crippen LogP contribution >= 0.6 is 11.8 Å². The van der Waals surface area contributed by atoms with Gasteiger partial charge >= 0.3 is 0 Å². The number of pyridine rings is 1. The summed E-state index contributed by atoms with van der Waals surface area (Å²) in [5, 5.41) is 0. The summed E-state index contributed by atoms with van der Waals surface area (Å²) < 4.78 is 27.0. The SMILES string of the molecule is CCSCCC(C)NS(=O)(=O)c1cccnc1NN. The standard InChI is InChI=1S/C11H20N4O2S2/c1-3-18-8-6-9(2)15-19(16,17)10-5-4-7-13-11(10)14-12/h4-5,7,9,15H,3,6,8,12H2,1-2H3,(H,13,14). The Balaban J connectivity index is 2.75. The van der Waals surface area contributed by atoms with Gasteiger partial charge in [-0.3, -0.25) is 0 Å². The number of hydrazine groups is 1. The Morgan fingerprint density at radius 2 is 2.26 bits per heavy atom. The van der Waals surface area contributed by atoms with Crippen LogP contribution in [0.25, 0.3) is 0 Å². The van der Waals surface area contributed by atoms with Gasteiger partial charge in [0.2, 0.25) is 10.0 Å². The molecule has 0 amide bonds. The van der Waals surface area contributed by atoms with Gasteiger partial charge < -0.3 is 5.43 Å². The van der Waals surface area contributed by atoms with Crippen LogP contribution in [0.3, 0.4) is 0 Å². The molecular formula is C11H20N4O2S2. The van der Waals surface area contributed by atoms with Gasteiger partial charge in [0.25, 0.3) is 0 Å². The van der Waals surface area contributed by atoms with Crippen molar-refractivity contribution in [2.75, 3.05) is 16.9 Å². The van der Waals surface area contributed by atoms with Crippen molar-refractivity contribution in [3.63, 3.8) is 0 Å². The van der Waals surface area contributed by atoms with Crippen LogP contribution in [-0.4, -0.2) is 30.9 Å². The molecule has 0 saturated heterocycles. The second-order valence-corrected chi connectivity index (χ2v) is 7.08. The third-order valence-electron chi connectivity index (χ3n) is 2.45. The van der Waals surface area contributed by atoms with Crippen LogP contribution in [0.15, 0.2) is 23.2 Å². The molecule has 1 rings (SSSR count). The topological polar surface area (TPSA) is 97.1 Å². The van der Waals surface area contributed by atoms with Gasteiger partial charge in [0, 0.05) is 12.2 Å². The fourth-order valence-electron chi connectivity index (χ4n) is 1.51. The zero-order valence-electron chi connectivity index (χ0n) is 11.1. The van der Waals surface area contributed by atoms with Gasteiger partial charge in [-0.2, -0.15) is 11.8 Å². The molecule has 1 unspecified atom stereocenters. The van der Waals surface area contributed by atoms with E-state index in [4.69, 9.17) is 5.84 Å². The lowest BCUT2D eigenvalue weighted by atomic mass is 10.3. The van der Waals surface area contributed by atoms with E-state index >= 15 is 0 Å². The second kappa shape index (κ2) is 7.68. The molecule has 6 nitrogen and oxygen atoms in total. The van der Waals surface area contributed by atoms with E-state index in [-0.39, 0.29) is 16.8 Å². The van der Waals surface area contributed by atoms with Crippen molar-refractivity contribution in [1.29, 1.82) is 0 Å². The third kappa shape index (κ3) is 4.98. The molecular weight excluding hydrogens is 284 g/mol. The number of rotatable bonds is 8. The Labute approximate surface area is 118 Å². The van der Waals surface area contributed by atoms with Crippen molar-refractivity contribution in [1.82, 2.24) is 9.71 Å². The summed E-state index contributed by atoms with van der Waals surface area (Å²) in [6.45, 7) is 3.92. The van der Waals surface area contributed by atoms with E-state index in [1.54, 1.807) is 17.8 Å². The highest BCUT2D eigenvalue weighted by atomic mass is 32.2. The van der Waals surface area contributed by atoms with Crippen molar-refractivity contribution >= 4 is 27.6 Å². The summed E-state index contributed by atoms with van der Waals surface area (Å²) in [5.41, 5.74) is 2.29. The van der Waals surface area contributed by atoms with Crippen molar-refractivity contribution in [2.45, 2.75) is 31.2 Å². The number of thioether (sulfide) groups is 1. The minimum atomic E-state index is -3.60. The zero-order valence-corrected chi connectivity index (χ0v) is 12.7. The number of nitrogens with one attached hydrogen (secondary N) is 2. The molecule has 1 aromatic heterocycles. The largest absolute Gasteiger partial charge is 0.307 e. The van der Waals surface area contributed by atoms with Gasteiger partial charge in [0.15, 0.2) is 5.82 Å². The fraction of sp³-hybridized carbons (Fsp3) is 0.545. The van der Waals surface area contributed by atoms with Gasteiger partial charge in [-0.1, -0.05) is 6.92 Å². The smallest absolute Gasteiger partial charge is 0.244 e. The molecule has 0 aromatic carbocycles. The Bertz CT molecular complexity index is 493. The van der Waals surface area contributed by atoms with Gasteiger partial charge in [0.05, 0.1) is 0 Å². The molecule has 4 N–H and O–H groups in total. The van der Waals surface area contributed by atoms with Crippen LogP contribution in [0.5, 0.6) is 0 Å². The van der Waals surface area contributed by atoms with E-state index < -0.39 is 10.0 Å². The van der Waals surface area contributed by atoms with Gasteiger partial charge in [-0.05, 0) is 37.0 Å². The average molecular weight is 304 g/mol. The predicted octanol–water partition coefficient (Wildman–Crippen LogP) is 1.18. The molecule has 0 aliphatic carbocycles. The van der Waals surface area contributed by atoms with Gasteiger partial charge in [-0.25, -0.2) is 24.0 Å². The molecule has 108 valence electrons. The summed E-state index contributed by atoms with van der Waals surface area (Å²) in [6.07, 6.45) is 2.26. The van der Waals surface area contributed by atoms with Crippen LogP contribution in [0.1, 0.15) is 20.3 Å². The van der Waals surface area contributed by atoms with Crippen molar-refractivity contribution in [3.8, 4) is 0 Å². The molecule has 0 spiro atoms. The van der Waals surface area contributed by atoms with E-state index in [0.717, 1.165) is 17.9 Å². The first kappa shape index (κ1) is 16.2. The van der Waals surface area contributed by atoms with E-state index in [1.807, 2.05) is 6.92 Å². The minimum Gasteiger partial charge on any atom is -0.307 e. The van der Waals surface area contributed by atoms with E-state index in [0.29, 0.717) is 0 Å². The Morgan fingerprint density at radius 1 is 1.53 bits per heavy atom. The molecule has 1 atom stereocenters. The predicted molar refractivity (Wildman–Crippen MR) is 79.4 cm³/mol. The van der Waals surface area contributed by atoms with E-state index in [2.05, 4.69) is 22.1 Å². The molecule has 0 radical (unpaired) electrons. The molecule has 0 saturated carbocycles. The van der Waals surface area contributed by atoms with Crippen LogP contribution in [0.2, 0.25) is 0 Å². The third-order valence-corrected chi connectivity index (χ3v) is 5.01. The maximum atomic E-state index is 12.2. The number of nitrogens with two attached hydrogens (primary N) is 1. The lowest BCUT2D eigenvalue weighted by molar-refractivity contribution is 0.557. The van der Waals surface area contributed by atoms with Crippen molar-refractivity contribution in [2.24, 2.45) is 5.84 Å². The molecule has 0 aliphatic rings. The van der Waals surface area contributed by atoms with E-state index in [9.17, 15) is 8.42 Å². The highest BCUT2D eigenvalue weighted by molar-refractivity contribution is 7.99. The highest BCUT2D eigenvalue weighted by Crippen LogP contribution is 2.17. The molecule has 19 heavy (non-hydrogen) atoms. The van der Waals surface area contributed by atoms with Crippen LogP contribution in [0, 0.1) is 0 Å². The monoisotopic (exact) mass is 304 g/mol. The Kier molecular flexibility index (Phi) is 6.56. The number of sulfonamides is 1. The molecule has 1 heterocycles. The maximum Gasteiger partial charge on any atom is 0.244 e. The summed E-state index contributed by atoms with van der Waals surface area (Å²) in [6, 6.07) is 2.90. The number of anilines is 1. The number of nitrogens with zero attached hydrogens (tertiary/aromatic N) is 1.